The van der Waals surface area contributed by atoms with Crippen LogP contribution in [-0.2, 0) is 0 Å². The Bertz CT molecular complexity index is 634. The summed E-state index contributed by atoms with van der Waals surface area (Å²) >= 11 is 0. The molecule has 1 fully saturated rings. The molecule has 1 saturated heterocycles. The van der Waals surface area contributed by atoms with Crippen LogP contribution < -0.4 is 5.32 Å². The molecule has 1 heterocycles. The maximum absolute atomic E-state index is 3.53. The normalized spacial score (nSPS) is 17.7. The van der Waals surface area contributed by atoms with Crippen molar-refractivity contribution in [3.05, 3.63) is 70.3 Å². The topological polar surface area (TPSA) is 15.3 Å². The van der Waals surface area contributed by atoms with Crippen molar-refractivity contribution in [3.8, 4) is 0 Å². The van der Waals surface area contributed by atoms with E-state index in [0.29, 0.717) is 6.04 Å². The van der Waals surface area contributed by atoms with Crippen LogP contribution in [0.15, 0.2) is 42.5 Å². The van der Waals surface area contributed by atoms with E-state index in [-0.39, 0.29) is 0 Å². The summed E-state index contributed by atoms with van der Waals surface area (Å²) in [7, 11) is 0. The Morgan fingerprint density at radius 3 is 2.39 bits per heavy atom. The second-order valence-corrected chi connectivity index (χ2v) is 6.82. The van der Waals surface area contributed by atoms with Crippen molar-refractivity contribution >= 4 is 0 Å². The first-order valence-corrected chi connectivity index (χ1v) is 8.73. The summed E-state index contributed by atoms with van der Waals surface area (Å²) in [6, 6.07) is 16.2. The van der Waals surface area contributed by atoms with Crippen LogP contribution >= 0.6 is 0 Å². The zero-order valence-corrected chi connectivity index (χ0v) is 14.6. The minimum absolute atomic E-state index is 0.356. The molecule has 0 saturated carbocycles. The molecule has 122 valence electrons. The molecule has 2 heteroatoms. The molecule has 1 atom stereocenters. The zero-order chi connectivity index (χ0) is 16.2. The molecule has 0 aromatic heterocycles. The van der Waals surface area contributed by atoms with E-state index in [1.165, 1.54) is 34.2 Å². The molecule has 23 heavy (non-hydrogen) atoms. The molecule has 0 spiro atoms. The van der Waals surface area contributed by atoms with Crippen molar-refractivity contribution in [2.24, 2.45) is 0 Å². The van der Waals surface area contributed by atoms with Crippen molar-refractivity contribution in [2.45, 2.75) is 33.2 Å². The zero-order valence-electron chi connectivity index (χ0n) is 14.6. The van der Waals surface area contributed by atoms with Crippen molar-refractivity contribution in [3.63, 3.8) is 0 Å². The predicted molar refractivity (Wildman–Crippen MR) is 98.0 cm³/mol. The fourth-order valence-corrected chi connectivity index (χ4v) is 3.77. The van der Waals surface area contributed by atoms with E-state index in [4.69, 9.17) is 0 Å². The van der Waals surface area contributed by atoms with Crippen LogP contribution in [0, 0.1) is 20.8 Å². The Morgan fingerprint density at radius 1 is 0.913 bits per heavy atom. The van der Waals surface area contributed by atoms with Crippen molar-refractivity contribution in [2.75, 3.05) is 26.2 Å². The number of nitrogens with one attached hydrogen (secondary N) is 1. The van der Waals surface area contributed by atoms with Gasteiger partial charge >= 0.3 is 0 Å². The number of benzene rings is 2. The molecule has 0 amide bonds. The van der Waals surface area contributed by atoms with Crippen molar-refractivity contribution in [1.82, 2.24) is 10.2 Å². The Morgan fingerprint density at radius 2 is 1.65 bits per heavy atom. The van der Waals surface area contributed by atoms with E-state index in [9.17, 15) is 0 Å². The SMILES string of the molecule is Cc1cc(C)cc(C(c2ccccc2C)N2CCCNCC2)c1. The van der Waals surface area contributed by atoms with E-state index < -0.39 is 0 Å². The number of hydrogen-bond acceptors (Lipinski definition) is 2. The van der Waals surface area contributed by atoms with E-state index in [1.807, 2.05) is 0 Å². The molecule has 1 N–H and O–H groups in total. The van der Waals surface area contributed by atoms with Crippen LogP contribution in [0.2, 0.25) is 0 Å². The van der Waals surface area contributed by atoms with Gasteiger partial charge in [0.1, 0.15) is 0 Å². The fourth-order valence-electron chi connectivity index (χ4n) is 3.77. The lowest BCUT2D eigenvalue weighted by Gasteiger charge is -2.32. The third kappa shape index (κ3) is 3.82. The maximum Gasteiger partial charge on any atom is 0.0605 e. The second kappa shape index (κ2) is 7.29. The van der Waals surface area contributed by atoms with Crippen molar-refractivity contribution in [1.29, 1.82) is 0 Å². The Kier molecular flexibility index (Phi) is 5.14. The molecule has 1 aliphatic heterocycles. The average Bonchev–Trinajstić information content (AvgIpc) is 2.78. The Labute approximate surface area is 140 Å². The summed E-state index contributed by atoms with van der Waals surface area (Å²) in [5.41, 5.74) is 6.96. The first-order valence-electron chi connectivity index (χ1n) is 8.73. The van der Waals surface area contributed by atoms with Gasteiger partial charge in [0.25, 0.3) is 0 Å². The molecule has 0 bridgehead atoms. The summed E-state index contributed by atoms with van der Waals surface area (Å²) in [5, 5.41) is 3.53. The maximum atomic E-state index is 3.53. The van der Waals surface area contributed by atoms with Gasteiger partial charge in [0.05, 0.1) is 6.04 Å². The smallest absolute Gasteiger partial charge is 0.0605 e. The van der Waals surface area contributed by atoms with Gasteiger partial charge in [-0.25, -0.2) is 0 Å². The number of nitrogens with zero attached hydrogens (tertiary/aromatic N) is 1. The minimum atomic E-state index is 0.356. The van der Waals surface area contributed by atoms with E-state index >= 15 is 0 Å². The van der Waals surface area contributed by atoms with Crippen LogP contribution in [0.4, 0.5) is 0 Å². The first kappa shape index (κ1) is 16.2. The molecular weight excluding hydrogens is 280 g/mol. The molecule has 1 aliphatic rings. The highest BCUT2D eigenvalue weighted by Crippen LogP contribution is 2.32. The standard InChI is InChI=1S/C21H28N2/c1-16-13-17(2)15-19(14-16)21(20-8-5-4-7-18(20)3)23-11-6-9-22-10-12-23/h4-5,7-8,13-15,21-22H,6,9-12H2,1-3H3. The molecule has 0 radical (unpaired) electrons. The van der Waals surface area contributed by atoms with Crippen LogP contribution in [0.25, 0.3) is 0 Å². The third-order valence-electron chi connectivity index (χ3n) is 4.78. The van der Waals surface area contributed by atoms with Gasteiger partial charge in [0.15, 0.2) is 0 Å². The molecule has 2 nitrogen and oxygen atoms in total. The van der Waals surface area contributed by atoms with Crippen LogP contribution in [0.1, 0.15) is 40.3 Å². The lowest BCUT2D eigenvalue weighted by molar-refractivity contribution is 0.240. The summed E-state index contributed by atoms with van der Waals surface area (Å²) in [4.78, 5) is 2.65. The number of rotatable bonds is 3. The number of hydrogen-bond donors (Lipinski definition) is 1. The summed E-state index contributed by atoms with van der Waals surface area (Å²) in [5.74, 6) is 0. The predicted octanol–water partition coefficient (Wildman–Crippen LogP) is 4.00. The van der Waals surface area contributed by atoms with Gasteiger partial charge in [-0.15, -0.1) is 0 Å². The van der Waals surface area contributed by atoms with Gasteiger partial charge in [-0.05, 0) is 50.4 Å². The first-order chi connectivity index (χ1) is 11.1. The van der Waals surface area contributed by atoms with Gasteiger partial charge in [0.2, 0.25) is 0 Å². The van der Waals surface area contributed by atoms with Gasteiger partial charge in [-0.3, -0.25) is 4.90 Å². The highest BCUT2D eigenvalue weighted by Gasteiger charge is 2.24. The van der Waals surface area contributed by atoms with Crippen molar-refractivity contribution < 1.29 is 0 Å². The van der Waals surface area contributed by atoms with Crippen LogP contribution in [0.5, 0.6) is 0 Å². The number of aryl methyl sites for hydroxylation is 3. The van der Waals surface area contributed by atoms with E-state index in [0.717, 1.165) is 26.2 Å². The average molecular weight is 308 g/mol. The van der Waals surface area contributed by atoms with E-state index in [2.05, 4.69) is 73.5 Å². The second-order valence-electron chi connectivity index (χ2n) is 6.82. The largest absolute Gasteiger partial charge is 0.315 e. The molecule has 2 aromatic carbocycles. The molecule has 2 aromatic rings. The molecule has 0 aliphatic carbocycles. The van der Waals surface area contributed by atoms with Gasteiger partial charge in [-0.2, -0.15) is 0 Å². The van der Waals surface area contributed by atoms with Gasteiger partial charge in [-0.1, -0.05) is 53.6 Å². The highest BCUT2D eigenvalue weighted by atomic mass is 15.2. The molecular formula is C21H28N2. The van der Waals surface area contributed by atoms with Gasteiger partial charge < -0.3 is 5.32 Å². The Hall–Kier alpha value is -1.64. The summed E-state index contributed by atoms with van der Waals surface area (Å²) in [6.45, 7) is 11.1. The minimum Gasteiger partial charge on any atom is -0.315 e. The van der Waals surface area contributed by atoms with Crippen LogP contribution in [-0.4, -0.2) is 31.1 Å². The van der Waals surface area contributed by atoms with Crippen LogP contribution in [0.3, 0.4) is 0 Å². The lowest BCUT2D eigenvalue weighted by atomic mass is 9.91. The molecule has 3 rings (SSSR count). The van der Waals surface area contributed by atoms with E-state index in [1.54, 1.807) is 0 Å². The molecule has 1 unspecified atom stereocenters. The summed E-state index contributed by atoms with van der Waals surface area (Å²) in [6.07, 6.45) is 1.22. The quantitative estimate of drug-likeness (QED) is 0.922. The van der Waals surface area contributed by atoms with Gasteiger partial charge in [0, 0.05) is 19.6 Å². The highest BCUT2D eigenvalue weighted by molar-refractivity contribution is 5.40. The third-order valence-corrected chi connectivity index (χ3v) is 4.78. The monoisotopic (exact) mass is 308 g/mol. The Balaban J connectivity index is 2.07. The fraction of sp³-hybridized carbons (Fsp3) is 0.429. The summed E-state index contributed by atoms with van der Waals surface area (Å²) < 4.78 is 0. The lowest BCUT2D eigenvalue weighted by Crippen LogP contribution is -2.33.